The molecule has 1 aliphatic heterocycles. The first-order valence-electron chi connectivity index (χ1n) is 7.00. The Morgan fingerprint density at radius 3 is 2.95 bits per heavy atom. The van der Waals surface area contributed by atoms with Gasteiger partial charge in [0.2, 0.25) is 5.91 Å². The van der Waals surface area contributed by atoms with Gasteiger partial charge in [0, 0.05) is 18.6 Å². The Hall–Kier alpha value is -1.62. The highest BCUT2D eigenvalue weighted by molar-refractivity contribution is 5.76. The summed E-state index contributed by atoms with van der Waals surface area (Å²) in [6.07, 6.45) is 1.93. The van der Waals surface area contributed by atoms with Gasteiger partial charge in [0.05, 0.1) is 13.0 Å². The van der Waals surface area contributed by atoms with Crippen molar-refractivity contribution in [1.29, 1.82) is 0 Å². The summed E-state index contributed by atoms with van der Waals surface area (Å²) in [6.45, 7) is 2.89. The Kier molecular flexibility index (Phi) is 4.95. The molecule has 0 bridgehead atoms. The van der Waals surface area contributed by atoms with Crippen LogP contribution in [-0.2, 0) is 4.79 Å². The van der Waals surface area contributed by atoms with E-state index in [2.05, 4.69) is 0 Å². The lowest BCUT2D eigenvalue weighted by Crippen LogP contribution is -2.48. The fourth-order valence-corrected chi connectivity index (χ4v) is 2.53. The van der Waals surface area contributed by atoms with Crippen LogP contribution in [0.2, 0.25) is 0 Å². The quantitative estimate of drug-likeness (QED) is 0.917. The highest BCUT2D eigenvalue weighted by atomic mass is 19.1. The zero-order valence-corrected chi connectivity index (χ0v) is 11.7. The number of piperidine rings is 1. The predicted octanol–water partition coefficient (Wildman–Crippen LogP) is 1.93. The van der Waals surface area contributed by atoms with Gasteiger partial charge in [0.15, 0.2) is 11.6 Å². The van der Waals surface area contributed by atoms with Crippen LogP contribution in [0.3, 0.4) is 0 Å². The molecule has 0 spiro atoms. The van der Waals surface area contributed by atoms with E-state index in [1.807, 2.05) is 11.8 Å². The molecule has 1 aromatic rings. The Bertz CT molecular complexity index is 467. The van der Waals surface area contributed by atoms with Gasteiger partial charge in [-0.2, -0.15) is 0 Å². The van der Waals surface area contributed by atoms with Crippen LogP contribution >= 0.6 is 0 Å². The van der Waals surface area contributed by atoms with Crippen molar-refractivity contribution < 1.29 is 13.9 Å². The first-order valence-corrected chi connectivity index (χ1v) is 7.00. The molecule has 5 heteroatoms. The monoisotopic (exact) mass is 280 g/mol. The fraction of sp³-hybridized carbons (Fsp3) is 0.533. The number of rotatable bonds is 4. The highest BCUT2D eigenvalue weighted by Crippen LogP contribution is 2.18. The molecule has 0 saturated carbocycles. The molecule has 1 heterocycles. The van der Waals surface area contributed by atoms with Crippen LogP contribution in [-0.4, -0.2) is 36.0 Å². The van der Waals surface area contributed by atoms with Crippen LogP contribution in [0.4, 0.5) is 4.39 Å². The molecule has 1 saturated heterocycles. The van der Waals surface area contributed by atoms with Crippen molar-refractivity contribution >= 4 is 5.91 Å². The van der Waals surface area contributed by atoms with E-state index < -0.39 is 5.82 Å². The molecule has 0 aliphatic carbocycles. The lowest BCUT2D eigenvalue weighted by Gasteiger charge is -2.36. The van der Waals surface area contributed by atoms with E-state index in [0.717, 1.165) is 12.8 Å². The number of halogens is 1. The molecule has 0 unspecified atom stereocenters. The summed E-state index contributed by atoms with van der Waals surface area (Å²) >= 11 is 0. The Balaban J connectivity index is 1.79. The molecule has 4 nitrogen and oxygen atoms in total. The second-order valence-electron chi connectivity index (χ2n) is 5.25. The molecule has 20 heavy (non-hydrogen) atoms. The number of nitrogens with two attached hydrogens (primary N) is 1. The fourth-order valence-electron chi connectivity index (χ4n) is 2.53. The van der Waals surface area contributed by atoms with E-state index in [9.17, 15) is 9.18 Å². The summed E-state index contributed by atoms with van der Waals surface area (Å²) in [5, 5.41) is 0. The summed E-state index contributed by atoms with van der Waals surface area (Å²) in [5.74, 6) is -0.174. The van der Waals surface area contributed by atoms with Crippen LogP contribution in [0.25, 0.3) is 0 Å². The normalized spacial score (nSPS) is 22.6. The van der Waals surface area contributed by atoms with Gasteiger partial charge in [-0.05, 0) is 31.9 Å². The van der Waals surface area contributed by atoms with Crippen molar-refractivity contribution in [2.45, 2.75) is 38.3 Å². The van der Waals surface area contributed by atoms with Crippen LogP contribution in [0, 0.1) is 5.82 Å². The number of ether oxygens (including phenoxy) is 1. The van der Waals surface area contributed by atoms with E-state index in [0.29, 0.717) is 6.54 Å². The van der Waals surface area contributed by atoms with Gasteiger partial charge in [0.1, 0.15) is 0 Å². The summed E-state index contributed by atoms with van der Waals surface area (Å²) in [7, 11) is 0. The van der Waals surface area contributed by atoms with Gasteiger partial charge in [0.25, 0.3) is 0 Å². The standard InChI is InChI=1S/C15H21FN2O2/c1-11-10-12(17)6-8-18(11)15(19)7-9-20-14-5-3-2-4-13(14)16/h2-5,11-12H,6-10,17H2,1H3/t11-,12+/m1/s1. The molecule has 2 atom stereocenters. The van der Waals surface area contributed by atoms with Gasteiger partial charge >= 0.3 is 0 Å². The molecule has 2 rings (SSSR count). The summed E-state index contributed by atoms with van der Waals surface area (Å²) in [4.78, 5) is 13.9. The Morgan fingerprint density at radius 1 is 1.50 bits per heavy atom. The lowest BCUT2D eigenvalue weighted by atomic mass is 9.99. The van der Waals surface area contributed by atoms with Gasteiger partial charge in [-0.1, -0.05) is 12.1 Å². The number of likely N-dealkylation sites (tertiary alicyclic amines) is 1. The second-order valence-corrected chi connectivity index (χ2v) is 5.25. The van der Waals surface area contributed by atoms with Gasteiger partial charge < -0.3 is 15.4 Å². The van der Waals surface area contributed by atoms with Crippen LogP contribution in [0.15, 0.2) is 24.3 Å². The van der Waals surface area contributed by atoms with Crippen molar-refractivity contribution in [3.05, 3.63) is 30.1 Å². The summed E-state index contributed by atoms with van der Waals surface area (Å²) < 4.78 is 18.6. The number of amides is 1. The zero-order valence-electron chi connectivity index (χ0n) is 11.7. The maximum absolute atomic E-state index is 13.3. The minimum atomic E-state index is -0.405. The maximum atomic E-state index is 13.3. The van der Waals surface area contributed by atoms with Crippen molar-refractivity contribution in [2.24, 2.45) is 5.73 Å². The number of carbonyl (C=O) groups excluding carboxylic acids is 1. The van der Waals surface area contributed by atoms with E-state index in [4.69, 9.17) is 10.5 Å². The first-order chi connectivity index (χ1) is 9.58. The van der Waals surface area contributed by atoms with E-state index in [1.165, 1.54) is 6.07 Å². The Morgan fingerprint density at radius 2 is 2.25 bits per heavy atom. The molecule has 0 aromatic heterocycles. The Labute approximate surface area is 118 Å². The first kappa shape index (κ1) is 14.8. The number of hydrogen-bond acceptors (Lipinski definition) is 3. The van der Waals surface area contributed by atoms with Crippen molar-refractivity contribution in [3.63, 3.8) is 0 Å². The third-order valence-electron chi connectivity index (χ3n) is 3.65. The SMILES string of the molecule is C[C@@H]1C[C@@H](N)CCN1C(=O)CCOc1ccccc1F. The second kappa shape index (κ2) is 6.70. The van der Waals surface area contributed by atoms with Gasteiger partial charge in [-0.15, -0.1) is 0 Å². The number of hydrogen-bond donors (Lipinski definition) is 1. The largest absolute Gasteiger partial charge is 0.490 e. The van der Waals surface area contributed by atoms with E-state index >= 15 is 0 Å². The third-order valence-corrected chi connectivity index (χ3v) is 3.65. The number of carbonyl (C=O) groups is 1. The topological polar surface area (TPSA) is 55.6 Å². The predicted molar refractivity (Wildman–Crippen MR) is 74.9 cm³/mol. The third kappa shape index (κ3) is 3.70. The van der Waals surface area contributed by atoms with Crippen LogP contribution < -0.4 is 10.5 Å². The smallest absolute Gasteiger partial charge is 0.226 e. The molecule has 2 N–H and O–H groups in total. The highest BCUT2D eigenvalue weighted by Gasteiger charge is 2.26. The molecule has 1 aromatic carbocycles. The molecule has 110 valence electrons. The number of nitrogens with zero attached hydrogens (tertiary/aromatic N) is 1. The average molecular weight is 280 g/mol. The molecule has 1 amide bonds. The van der Waals surface area contributed by atoms with E-state index in [1.54, 1.807) is 18.2 Å². The minimum Gasteiger partial charge on any atom is -0.490 e. The van der Waals surface area contributed by atoms with Crippen LogP contribution in [0.1, 0.15) is 26.2 Å². The summed E-state index contributed by atoms with van der Waals surface area (Å²) in [6, 6.07) is 6.55. The zero-order chi connectivity index (χ0) is 14.5. The van der Waals surface area contributed by atoms with Crippen LogP contribution in [0.5, 0.6) is 5.75 Å². The van der Waals surface area contributed by atoms with Gasteiger partial charge in [-0.3, -0.25) is 4.79 Å². The molecular formula is C15H21FN2O2. The van der Waals surface area contributed by atoms with Gasteiger partial charge in [-0.25, -0.2) is 4.39 Å². The molecular weight excluding hydrogens is 259 g/mol. The summed E-state index contributed by atoms with van der Waals surface area (Å²) in [5.41, 5.74) is 5.88. The average Bonchev–Trinajstić information content (AvgIpc) is 2.40. The lowest BCUT2D eigenvalue weighted by molar-refractivity contribution is -0.135. The maximum Gasteiger partial charge on any atom is 0.226 e. The molecule has 1 fully saturated rings. The number of para-hydroxylation sites is 1. The van der Waals surface area contributed by atoms with E-state index in [-0.39, 0.29) is 36.8 Å². The number of benzene rings is 1. The van der Waals surface area contributed by atoms with Crippen molar-refractivity contribution in [2.75, 3.05) is 13.2 Å². The van der Waals surface area contributed by atoms with Crippen molar-refractivity contribution in [3.8, 4) is 5.75 Å². The van der Waals surface area contributed by atoms with Crippen molar-refractivity contribution in [1.82, 2.24) is 4.90 Å². The molecule has 0 radical (unpaired) electrons. The minimum absolute atomic E-state index is 0.0424. The molecule has 1 aliphatic rings.